The van der Waals surface area contributed by atoms with Crippen molar-refractivity contribution in [3.63, 3.8) is 0 Å². The van der Waals surface area contributed by atoms with E-state index in [0.717, 1.165) is 25.7 Å². The maximum Gasteiger partial charge on any atom is 0.335 e. The second-order valence-corrected chi connectivity index (χ2v) is 7.10. The minimum absolute atomic E-state index is 0.229. The zero-order chi connectivity index (χ0) is 14.6. The Balaban J connectivity index is 1.94. The van der Waals surface area contributed by atoms with Crippen LogP contribution in [-0.4, -0.2) is 31.3 Å². The van der Waals surface area contributed by atoms with Crippen LogP contribution in [0.25, 0.3) is 0 Å². The van der Waals surface area contributed by atoms with Gasteiger partial charge in [-0.15, -0.1) is 0 Å². The second kappa shape index (κ2) is 6.37. The van der Waals surface area contributed by atoms with E-state index < -0.39 is 16.0 Å². The van der Waals surface area contributed by atoms with Gasteiger partial charge in [-0.3, -0.25) is 0 Å². The molecule has 0 saturated heterocycles. The molecule has 0 aromatic heterocycles. The smallest absolute Gasteiger partial charge is 0.335 e. The van der Waals surface area contributed by atoms with Gasteiger partial charge in [-0.05, 0) is 30.9 Å². The van der Waals surface area contributed by atoms with Crippen molar-refractivity contribution in [2.24, 2.45) is 0 Å². The Hall–Kier alpha value is -1.40. The van der Waals surface area contributed by atoms with Gasteiger partial charge in [-0.2, -0.15) is 0 Å². The highest BCUT2D eigenvalue weighted by Gasteiger charge is 2.28. The van der Waals surface area contributed by atoms with E-state index >= 15 is 0 Å². The van der Waals surface area contributed by atoms with Crippen LogP contribution in [0.3, 0.4) is 0 Å². The van der Waals surface area contributed by atoms with Crippen LogP contribution in [-0.2, 0) is 16.4 Å². The average molecular weight is 297 g/mol. The lowest BCUT2D eigenvalue weighted by Crippen LogP contribution is -2.34. The summed E-state index contributed by atoms with van der Waals surface area (Å²) in [6.45, 7) is 0.239. The normalized spacial score (nSPS) is 16.4. The summed E-state index contributed by atoms with van der Waals surface area (Å²) in [5.74, 6) is -0.987. The summed E-state index contributed by atoms with van der Waals surface area (Å²) in [5.41, 5.74) is 0.877. The number of hydrogen-bond donors (Lipinski definition) is 2. The molecule has 1 aromatic carbocycles. The largest absolute Gasteiger partial charge is 0.478 e. The van der Waals surface area contributed by atoms with Gasteiger partial charge in [-0.1, -0.05) is 31.0 Å². The molecule has 2 rings (SSSR count). The molecular weight excluding hydrogens is 278 g/mol. The first kappa shape index (κ1) is 15.0. The van der Waals surface area contributed by atoms with Crippen molar-refractivity contribution < 1.29 is 18.3 Å². The third-order valence-corrected chi connectivity index (χ3v) is 5.64. The first-order chi connectivity index (χ1) is 9.50. The summed E-state index contributed by atoms with van der Waals surface area (Å²) >= 11 is 0. The van der Waals surface area contributed by atoms with Gasteiger partial charge >= 0.3 is 5.97 Å². The number of benzene rings is 1. The van der Waals surface area contributed by atoms with Gasteiger partial charge in [0.1, 0.15) is 0 Å². The quantitative estimate of drug-likeness (QED) is 0.838. The molecule has 2 N–H and O–H groups in total. The SMILES string of the molecule is O=C(O)c1ccccc1CCNS(=O)(=O)C1CCCC1. The lowest BCUT2D eigenvalue weighted by atomic mass is 10.1. The molecule has 0 unspecified atom stereocenters. The molecule has 0 aliphatic heterocycles. The highest BCUT2D eigenvalue weighted by atomic mass is 32.2. The van der Waals surface area contributed by atoms with Crippen molar-refractivity contribution in [2.45, 2.75) is 37.4 Å². The second-order valence-electron chi connectivity index (χ2n) is 5.06. The Bertz CT molecular complexity index is 577. The zero-order valence-corrected chi connectivity index (χ0v) is 12.0. The van der Waals surface area contributed by atoms with Crippen molar-refractivity contribution in [1.29, 1.82) is 0 Å². The molecule has 0 bridgehead atoms. The summed E-state index contributed by atoms with van der Waals surface area (Å²) in [6.07, 6.45) is 3.76. The van der Waals surface area contributed by atoms with Crippen LogP contribution >= 0.6 is 0 Å². The Morgan fingerprint density at radius 1 is 1.25 bits per heavy atom. The maximum absolute atomic E-state index is 12.0. The van der Waals surface area contributed by atoms with Crippen LogP contribution in [0.5, 0.6) is 0 Å². The first-order valence-electron chi connectivity index (χ1n) is 6.80. The standard InChI is InChI=1S/C14H19NO4S/c16-14(17)13-8-4-1-5-11(13)9-10-15-20(18,19)12-6-2-3-7-12/h1,4-5,8,12,15H,2-3,6-7,9-10H2,(H,16,17). The fraction of sp³-hybridized carbons (Fsp3) is 0.500. The number of sulfonamides is 1. The van der Waals surface area contributed by atoms with Crippen molar-refractivity contribution in [3.8, 4) is 0 Å². The molecule has 1 aliphatic rings. The Morgan fingerprint density at radius 3 is 2.55 bits per heavy atom. The molecule has 0 atom stereocenters. The molecule has 1 aromatic rings. The van der Waals surface area contributed by atoms with Gasteiger partial charge in [-0.25, -0.2) is 17.9 Å². The van der Waals surface area contributed by atoms with Crippen LogP contribution in [0.4, 0.5) is 0 Å². The van der Waals surface area contributed by atoms with E-state index in [1.54, 1.807) is 18.2 Å². The van der Waals surface area contributed by atoms with Gasteiger partial charge < -0.3 is 5.11 Å². The number of carboxylic acid groups (broad SMARTS) is 1. The molecule has 0 radical (unpaired) electrons. The summed E-state index contributed by atoms with van der Waals surface area (Å²) in [7, 11) is -3.26. The van der Waals surface area contributed by atoms with Gasteiger partial charge in [0.05, 0.1) is 10.8 Å². The van der Waals surface area contributed by atoms with E-state index in [9.17, 15) is 13.2 Å². The summed E-state index contributed by atoms with van der Waals surface area (Å²) in [4.78, 5) is 11.1. The fourth-order valence-electron chi connectivity index (χ4n) is 2.59. The number of aromatic carboxylic acids is 1. The Kier molecular flexibility index (Phi) is 4.77. The van der Waals surface area contributed by atoms with E-state index in [2.05, 4.69) is 4.72 Å². The summed E-state index contributed by atoms with van der Waals surface area (Å²) in [5, 5.41) is 8.78. The van der Waals surface area contributed by atoms with Crippen molar-refractivity contribution in [1.82, 2.24) is 4.72 Å². The van der Waals surface area contributed by atoms with E-state index in [1.165, 1.54) is 6.07 Å². The zero-order valence-electron chi connectivity index (χ0n) is 11.2. The van der Waals surface area contributed by atoms with Crippen molar-refractivity contribution in [3.05, 3.63) is 35.4 Å². The van der Waals surface area contributed by atoms with Crippen LogP contribution < -0.4 is 4.72 Å². The molecule has 6 heteroatoms. The molecule has 0 amide bonds. The molecular formula is C14H19NO4S. The lowest BCUT2D eigenvalue weighted by Gasteiger charge is -2.12. The Labute approximate surface area is 119 Å². The van der Waals surface area contributed by atoms with E-state index in [1.807, 2.05) is 0 Å². The average Bonchev–Trinajstić information content (AvgIpc) is 2.93. The van der Waals surface area contributed by atoms with Gasteiger partial charge in [0.25, 0.3) is 0 Å². The fourth-order valence-corrected chi connectivity index (χ4v) is 4.17. The molecule has 0 heterocycles. The number of nitrogens with one attached hydrogen (secondary N) is 1. The molecule has 1 fully saturated rings. The van der Waals surface area contributed by atoms with Gasteiger partial charge in [0, 0.05) is 6.54 Å². The van der Waals surface area contributed by atoms with Gasteiger partial charge in [0.2, 0.25) is 10.0 Å². The van der Waals surface area contributed by atoms with Crippen molar-refractivity contribution in [2.75, 3.05) is 6.54 Å². The van der Waals surface area contributed by atoms with Crippen LogP contribution in [0.1, 0.15) is 41.6 Å². The number of hydrogen-bond acceptors (Lipinski definition) is 3. The summed E-state index contributed by atoms with van der Waals surface area (Å²) in [6, 6.07) is 6.67. The van der Waals surface area contributed by atoms with Crippen molar-refractivity contribution >= 4 is 16.0 Å². The van der Waals surface area contributed by atoms with E-state index in [4.69, 9.17) is 5.11 Å². The predicted molar refractivity (Wildman–Crippen MR) is 76.3 cm³/mol. The monoisotopic (exact) mass is 297 g/mol. The molecule has 110 valence electrons. The van der Waals surface area contributed by atoms with Crippen LogP contribution in [0.15, 0.2) is 24.3 Å². The lowest BCUT2D eigenvalue weighted by molar-refractivity contribution is 0.0695. The third kappa shape index (κ3) is 3.58. The Morgan fingerprint density at radius 2 is 1.90 bits per heavy atom. The summed E-state index contributed by atoms with van der Waals surface area (Å²) < 4.78 is 26.6. The topological polar surface area (TPSA) is 83.5 Å². The van der Waals surface area contributed by atoms with Gasteiger partial charge in [0.15, 0.2) is 0 Å². The minimum atomic E-state index is -3.26. The predicted octanol–water partition coefficient (Wildman–Crippen LogP) is 1.79. The van der Waals surface area contributed by atoms with Crippen LogP contribution in [0.2, 0.25) is 0 Å². The highest BCUT2D eigenvalue weighted by Crippen LogP contribution is 2.23. The first-order valence-corrected chi connectivity index (χ1v) is 8.35. The molecule has 1 aliphatic carbocycles. The minimum Gasteiger partial charge on any atom is -0.478 e. The number of rotatable bonds is 6. The van der Waals surface area contributed by atoms with Crippen LogP contribution in [0, 0.1) is 0 Å². The molecule has 5 nitrogen and oxygen atoms in total. The molecule has 1 saturated carbocycles. The van der Waals surface area contributed by atoms with E-state index in [0.29, 0.717) is 12.0 Å². The number of carboxylic acids is 1. The maximum atomic E-state index is 12.0. The molecule has 20 heavy (non-hydrogen) atoms. The number of carbonyl (C=O) groups is 1. The van der Waals surface area contributed by atoms with E-state index in [-0.39, 0.29) is 17.4 Å². The molecule has 0 spiro atoms. The highest BCUT2D eigenvalue weighted by molar-refractivity contribution is 7.90. The third-order valence-electron chi connectivity index (χ3n) is 3.69.